The monoisotopic (exact) mass is 236 g/mol. The van der Waals surface area contributed by atoms with E-state index in [-0.39, 0.29) is 6.10 Å². The summed E-state index contributed by atoms with van der Waals surface area (Å²) in [5.74, 6) is 0.725. The average molecular weight is 236 g/mol. The Morgan fingerprint density at radius 3 is 2.71 bits per heavy atom. The van der Waals surface area contributed by atoms with Crippen molar-refractivity contribution in [1.82, 2.24) is 4.90 Å². The van der Waals surface area contributed by atoms with Crippen molar-refractivity contribution in [3.8, 4) is 5.75 Å². The number of piperidine rings is 1. The molecule has 1 aromatic rings. The van der Waals surface area contributed by atoms with E-state index in [9.17, 15) is 5.11 Å². The Morgan fingerprint density at radius 2 is 2.12 bits per heavy atom. The van der Waals surface area contributed by atoms with E-state index in [1.165, 1.54) is 5.56 Å². The third kappa shape index (κ3) is 3.11. The lowest BCUT2D eigenvalue weighted by Gasteiger charge is -2.29. The zero-order valence-electron chi connectivity index (χ0n) is 10.2. The molecular weight excluding hydrogens is 216 g/mol. The number of benzene rings is 1. The first-order chi connectivity index (χ1) is 8.19. The van der Waals surface area contributed by atoms with Crippen molar-refractivity contribution >= 4 is 5.69 Å². The van der Waals surface area contributed by atoms with Crippen LogP contribution in [-0.2, 0) is 6.54 Å². The Bertz CT molecular complexity index is 374. The first-order valence-electron chi connectivity index (χ1n) is 6.02. The van der Waals surface area contributed by atoms with Gasteiger partial charge in [0, 0.05) is 19.6 Å². The van der Waals surface area contributed by atoms with E-state index in [2.05, 4.69) is 4.90 Å². The van der Waals surface area contributed by atoms with Crippen LogP contribution in [0.25, 0.3) is 0 Å². The average Bonchev–Trinajstić information content (AvgIpc) is 2.32. The Kier molecular flexibility index (Phi) is 3.86. The molecule has 0 bridgehead atoms. The number of hydrogen-bond acceptors (Lipinski definition) is 4. The lowest BCUT2D eigenvalue weighted by Crippen LogP contribution is -2.35. The number of ether oxygens (including phenoxy) is 1. The summed E-state index contributed by atoms with van der Waals surface area (Å²) >= 11 is 0. The van der Waals surface area contributed by atoms with Crippen molar-refractivity contribution in [2.75, 3.05) is 25.9 Å². The predicted octanol–water partition coefficient (Wildman–Crippen LogP) is 1.23. The fourth-order valence-corrected chi connectivity index (χ4v) is 2.22. The Balaban J connectivity index is 1.97. The summed E-state index contributed by atoms with van der Waals surface area (Å²) in [4.78, 5) is 2.34. The fourth-order valence-electron chi connectivity index (χ4n) is 2.22. The summed E-state index contributed by atoms with van der Waals surface area (Å²) in [5.41, 5.74) is 7.75. The second-order valence-electron chi connectivity index (χ2n) is 4.58. The molecule has 17 heavy (non-hydrogen) atoms. The van der Waals surface area contributed by atoms with E-state index < -0.39 is 0 Å². The van der Waals surface area contributed by atoms with Gasteiger partial charge in [-0.15, -0.1) is 0 Å². The van der Waals surface area contributed by atoms with E-state index in [0.717, 1.165) is 38.2 Å². The molecule has 0 aromatic heterocycles. The van der Waals surface area contributed by atoms with Crippen LogP contribution in [0.1, 0.15) is 18.4 Å². The lowest BCUT2D eigenvalue weighted by atomic mass is 10.1. The highest BCUT2D eigenvalue weighted by atomic mass is 16.5. The maximum absolute atomic E-state index is 9.44. The van der Waals surface area contributed by atoms with Crippen LogP contribution >= 0.6 is 0 Å². The zero-order valence-corrected chi connectivity index (χ0v) is 10.2. The highest BCUT2D eigenvalue weighted by Crippen LogP contribution is 2.23. The van der Waals surface area contributed by atoms with Crippen molar-refractivity contribution in [3.63, 3.8) is 0 Å². The summed E-state index contributed by atoms with van der Waals surface area (Å²) in [6.45, 7) is 2.79. The van der Waals surface area contributed by atoms with Crippen LogP contribution in [-0.4, -0.2) is 36.3 Å². The summed E-state index contributed by atoms with van der Waals surface area (Å²) < 4.78 is 5.13. The molecule has 94 valence electrons. The van der Waals surface area contributed by atoms with Crippen LogP contribution in [0.2, 0.25) is 0 Å². The molecule has 0 aliphatic carbocycles. The van der Waals surface area contributed by atoms with E-state index in [4.69, 9.17) is 10.5 Å². The number of nitrogens with zero attached hydrogens (tertiary/aromatic N) is 1. The molecule has 0 saturated carbocycles. The van der Waals surface area contributed by atoms with Gasteiger partial charge in [-0.3, -0.25) is 4.90 Å². The third-order valence-electron chi connectivity index (χ3n) is 3.26. The van der Waals surface area contributed by atoms with Crippen molar-refractivity contribution in [2.24, 2.45) is 0 Å². The number of nitrogens with two attached hydrogens (primary N) is 1. The molecule has 0 amide bonds. The Labute approximate surface area is 102 Å². The first kappa shape index (κ1) is 12.2. The summed E-state index contributed by atoms with van der Waals surface area (Å²) in [6, 6.07) is 5.91. The van der Waals surface area contributed by atoms with Gasteiger partial charge in [0.15, 0.2) is 0 Å². The van der Waals surface area contributed by atoms with Crippen LogP contribution in [0.5, 0.6) is 5.75 Å². The standard InChI is InChI=1S/C13H20N2O2/c1-17-13-3-2-10(8-12(13)14)9-15-6-4-11(16)5-7-15/h2-3,8,11,16H,4-7,9,14H2,1H3. The van der Waals surface area contributed by atoms with Crippen LogP contribution < -0.4 is 10.5 Å². The number of likely N-dealkylation sites (tertiary alicyclic amines) is 1. The van der Waals surface area contributed by atoms with Crippen LogP contribution in [0.15, 0.2) is 18.2 Å². The number of anilines is 1. The van der Waals surface area contributed by atoms with Gasteiger partial charge >= 0.3 is 0 Å². The molecule has 4 nitrogen and oxygen atoms in total. The Morgan fingerprint density at radius 1 is 1.41 bits per heavy atom. The normalized spacial score (nSPS) is 18.2. The van der Waals surface area contributed by atoms with Gasteiger partial charge in [-0.2, -0.15) is 0 Å². The first-order valence-corrected chi connectivity index (χ1v) is 6.02. The molecule has 0 spiro atoms. The minimum absolute atomic E-state index is 0.118. The third-order valence-corrected chi connectivity index (χ3v) is 3.26. The maximum atomic E-state index is 9.44. The summed E-state index contributed by atoms with van der Waals surface area (Å²) in [6.07, 6.45) is 1.62. The summed E-state index contributed by atoms with van der Waals surface area (Å²) in [5, 5.41) is 9.44. The molecule has 3 N–H and O–H groups in total. The van der Waals surface area contributed by atoms with E-state index in [1.54, 1.807) is 7.11 Å². The van der Waals surface area contributed by atoms with Gasteiger partial charge in [-0.05, 0) is 30.5 Å². The molecule has 2 rings (SSSR count). The van der Waals surface area contributed by atoms with E-state index >= 15 is 0 Å². The number of hydrogen-bond donors (Lipinski definition) is 2. The van der Waals surface area contributed by atoms with E-state index in [1.807, 2.05) is 18.2 Å². The molecule has 1 saturated heterocycles. The zero-order chi connectivity index (χ0) is 12.3. The Hall–Kier alpha value is -1.26. The molecule has 0 unspecified atom stereocenters. The fraction of sp³-hybridized carbons (Fsp3) is 0.538. The number of aliphatic hydroxyl groups excluding tert-OH is 1. The molecule has 4 heteroatoms. The van der Waals surface area contributed by atoms with Gasteiger partial charge in [0.2, 0.25) is 0 Å². The molecule has 1 aromatic carbocycles. The highest BCUT2D eigenvalue weighted by Gasteiger charge is 2.17. The van der Waals surface area contributed by atoms with Gasteiger partial charge in [0.25, 0.3) is 0 Å². The van der Waals surface area contributed by atoms with Crippen LogP contribution in [0.4, 0.5) is 5.69 Å². The maximum Gasteiger partial charge on any atom is 0.141 e. The van der Waals surface area contributed by atoms with Gasteiger partial charge in [-0.25, -0.2) is 0 Å². The summed E-state index contributed by atoms with van der Waals surface area (Å²) in [7, 11) is 1.62. The van der Waals surface area contributed by atoms with Crippen molar-refractivity contribution in [3.05, 3.63) is 23.8 Å². The van der Waals surface area contributed by atoms with Crippen molar-refractivity contribution < 1.29 is 9.84 Å². The van der Waals surface area contributed by atoms with Gasteiger partial charge < -0.3 is 15.6 Å². The van der Waals surface area contributed by atoms with Gasteiger partial charge in [0.05, 0.1) is 18.9 Å². The number of aliphatic hydroxyl groups is 1. The van der Waals surface area contributed by atoms with Crippen LogP contribution in [0, 0.1) is 0 Å². The SMILES string of the molecule is COc1ccc(CN2CCC(O)CC2)cc1N. The molecule has 1 heterocycles. The van der Waals surface area contributed by atoms with Crippen molar-refractivity contribution in [2.45, 2.75) is 25.5 Å². The van der Waals surface area contributed by atoms with E-state index in [0.29, 0.717) is 5.69 Å². The van der Waals surface area contributed by atoms with Gasteiger partial charge in [0.1, 0.15) is 5.75 Å². The largest absolute Gasteiger partial charge is 0.495 e. The minimum Gasteiger partial charge on any atom is -0.495 e. The quantitative estimate of drug-likeness (QED) is 0.775. The predicted molar refractivity (Wildman–Crippen MR) is 67.9 cm³/mol. The topological polar surface area (TPSA) is 58.7 Å². The molecule has 0 radical (unpaired) electrons. The lowest BCUT2D eigenvalue weighted by molar-refractivity contribution is 0.0792. The second kappa shape index (κ2) is 5.38. The second-order valence-corrected chi connectivity index (χ2v) is 4.58. The minimum atomic E-state index is -0.118. The van der Waals surface area contributed by atoms with Crippen LogP contribution in [0.3, 0.4) is 0 Å². The molecule has 1 aliphatic heterocycles. The molecule has 0 atom stereocenters. The molecular formula is C13H20N2O2. The smallest absolute Gasteiger partial charge is 0.141 e. The highest BCUT2D eigenvalue weighted by molar-refractivity contribution is 5.54. The van der Waals surface area contributed by atoms with Crippen molar-refractivity contribution in [1.29, 1.82) is 0 Å². The number of methoxy groups -OCH3 is 1. The molecule has 1 aliphatic rings. The van der Waals surface area contributed by atoms with Gasteiger partial charge in [-0.1, -0.05) is 6.07 Å². The molecule has 1 fully saturated rings. The number of nitrogen functional groups attached to an aromatic ring is 1. The number of rotatable bonds is 3.